The van der Waals surface area contributed by atoms with Crippen LogP contribution in [0.1, 0.15) is 27.2 Å². The van der Waals surface area contributed by atoms with E-state index in [0.29, 0.717) is 6.42 Å². The van der Waals surface area contributed by atoms with E-state index in [1.54, 1.807) is 6.92 Å². The van der Waals surface area contributed by atoms with Gasteiger partial charge in [-0.2, -0.15) is 0 Å². The van der Waals surface area contributed by atoms with Gasteiger partial charge in [-0.3, -0.25) is 9.59 Å². The van der Waals surface area contributed by atoms with Gasteiger partial charge in [-0.25, -0.2) is 0 Å². The Labute approximate surface area is 101 Å². The third kappa shape index (κ3) is 3.98. The minimum atomic E-state index is -0.484. The summed E-state index contributed by atoms with van der Waals surface area (Å²) in [6, 6.07) is -0.287. The number of ether oxygens (including phenoxy) is 3. The van der Waals surface area contributed by atoms with Gasteiger partial charge in [-0.15, -0.1) is 0 Å². The smallest absolute Gasteiger partial charge is 0.303 e. The van der Waals surface area contributed by atoms with Crippen LogP contribution >= 0.6 is 0 Å². The van der Waals surface area contributed by atoms with Crippen LogP contribution < -0.4 is 5.32 Å². The van der Waals surface area contributed by atoms with Crippen LogP contribution in [0.25, 0.3) is 0 Å². The first-order valence-electron chi connectivity index (χ1n) is 5.56. The lowest BCUT2D eigenvalue weighted by Crippen LogP contribution is -2.56. The van der Waals surface area contributed by atoms with Crippen LogP contribution in [0.5, 0.6) is 0 Å². The second-order valence-corrected chi connectivity index (χ2v) is 4.12. The molecular formula is C11H19NO5. The average Bonchev–Trinajstić information content (AvgIpc) is 2.21. The lowest BCUT2D eigenvalue weighted by atomic mass is 9.99. The highest BCUT2D eigenvalue weighted by atomic mass is 16.7. The molecule has 0 spiro atoms. The Balaban J connectivity index is 2.74. The fourth-order valence-corrected chi connectivity index (χ4v) is 1.96. The van der Waals surface area contributed by atoms with Gasteiger partial charge in [0.1, 0.15) is 6.10 Å². The monoisotopic (exact) mass is 245 g/mol. The molecule has 1 N–H and O–H groups in total. The zero-order chi connectivity index (χ0) is 13.0. The first-order chi connectivity index (χ1) is 7.93. The van der Waals surface area contributed by atoms with Crippen molar-refractivity contribution in [1.29, 1.82) is 0 Å². The van der Waals surface area contributed by atoms with Gasteiger partial charge in [-0.05, 0) is 6.92 Å². The van der Waals surface area contributed by atoms with Gasteiger partial charge in [0, 0.05) is 27.4 Å². The Bertz CT molecular complexity index is 294. The number of hydrogen-bond donors (Lipinski definition) is 1. The lowest BCUT2D eigenvalue weighted by molar-refractivity contribution is -0.223. The number of carbonyl (C=O) groups excluding carboxylic acids is 2. The predicted molar refractivity (Wildman–Crippen MR) is 59.1 cm³/mol. The number of esters is 1. The van der Waals surface area contributed by atoms with Crippen molar-refractivity contribution in [3.63, 3.8) is 0 Å². The summed E-state index contributed by atoms with van der Waals surface area (Å²) < 4.78 is 15.8. The molecule has 0 bridgehead atoms. The van der Waals surface area contributed by atoms with Crippen molar-refractivity contribution in [2.45, 2.75) is 51.7 Å². The fourth-order valence-electron chi connectivity index (χ4n) is 1.96. The third-order valence-corrected chi connectivity index (χ3v) is 2.63. The van der Waals surface area contributed by atoms with E-state index in [1.807, 2.05) is 0 Å². The number of amides is 1. The van der Waals surface area contributed by atoms with Gasteiger partial charge in [0.05, 0.1) is 12.1 Å². The second kappa shape index (κ2) is 5.97. The largest absolute Gasteiger partial charge is 0.458 e. The standard InChI is InChI=1S/C11H19NO5/c1-6-11(17-8(3)14)9(12-7(2)13)5-10(15-4)16-6/h6,9-11H,5H2,1-4H3,(H,12,13)/t6-,9-,10-,11-/m1/s1. The summed E-state index contributed by atoms with van der Waals surface area (Å²) in [4.78, 5) is 22.1. The van der Waals surface area contributed by atoms with Crippen LogP contribution in [0, 0.1) is 0 Å². The molecule has 17 heavy (non-hydrogen) atoms. The number of nitrogens with one attached hydrogen (secondary N) is 1. The molecule has 6 heteroatoms. The van der Waals surface area contributed by atoms with E-state index in [0.717, 1.165) is 0 Å². The molecule has 0 saturated carbocycles. The van der Waals surface area contributed by atoms with Crippen molar-refractivity contribution in [3.8, 4) is 0 Å². The van der Waals surface area contributed by atoms with Gasteiger partial charge in [0.2, 0.25) is 5.91 Å². The minimum Gasteiger partial charge on any atom is -0.458 e. The highest BCUT2D eigenvalue weighted by molar-refractivity contribution is 5.73. The molecule has 1 aliphatic rings. The summed E-state index contributed by atoms with van der Waals surface area (Å²) >= 11 is 0. The molecule has 0 aromatic rings. The van der Waals surface area contributed by atoms with E-state index in [1.165, 1.54) is 21.0 Å². The van der Waals surface area contributed by atoms with Gasteiger partial charge in [0.15, 0.2) is 6.29 Å². The van der Waals surface area contributed by atoms with Crippen LogP contribution in [-0.2, 0) is 23.8 Å². The maximum atomic E-state index is 11.1. The maximum absolute atomic E-state index is 11.1. The van der Waals surface area contributed by atoms with Crippen molar-refractivity contribution >= 4 is 11.9 Å². The Hall–Kier alpha value is -1.14. The summed E-state index contributed by atoms with van der Waals surface area (Å²) in [6.07, 6.45) is -0.746. The summed E-state index contributed by atoms with van der Waals surface area (Å²) in [7, 11) is 1.54. The first-order valence-corrected chi connectivity index (χ1v) is 5.56. The molecule has 1 fully saturated rings. The zero-order valence-corrected chi connectivity index (χ0v) is 10.6. The van der Waals surface area contributed by atoms with Crippen LogP contribution in [0.15, 0.2) is 0 Å². The molecule has 4 atom stereocenters. The van der Waals surface area contributed by atoms with Gasteiger partial charge < -0.3 is 19.5 Å². The number of rotatable bonds is 3. The van der Waals surface area contributed by atoms with Gasteiger partial charge in [0.25, 0.3) is 0 Å². The molecule has 0 aromatic heterocycles. The molecule has 0 radical (unpaired) electrons. The molecule has 1 rings (SSSR count). The summed E-state index contributed by atoms with van der Waals surface area (Å²) in [5, 5.41) is 2.76. The fraction of sp³-hybridized carbons (Fsp3) is 0.818. The van der Waals surface area contributed by atoms with E-state index in [9.17, 15) is 9.59 Å². The van der Waals surface area contributed by atoms with Crippen molar-refractivity contribution in [2.24, 2.45) is 0 Å². The molecular weight excluding hydrogens is 226 g/mol. The van der Waals surface area contributed by atoms with Crippen molar-refractivity contribution in [3.05, 3.63) is 0 Å². The Morgan fingerprint density at radius 1 is 1.35 bits per heavy atom. The lowest BCUT2D eigenvalue weighted by Gasteiger charge is -2.39. The Morgan fingerprint density at radius 2 is 2.00 bits per heavy atom. The molecule has 1 aliphatic heterocycles. The first kappa shape index (κ1) is 13.9. The van der Waals surface area contributed by atoms with E-state index >= 15 is 0 Å². The number of hydrogen-bond acceptors (Lipinski definition) is 5. The van der Waals surface area contributed by atoms with Crippen molar-refractivity contribution < 1.29 is 23.8 Å². The topological polar surface area (TPSA) is 73.9 Å². The van der Waals surface area contributed by atoms with Crippen LogP contribution in [-0.4, -0.2) is 43.5 Å². The normalized spacial score (nSPS) is 32.9. The van der Waals surface area contributed by atoms with Crippen LogP contribution in [0.2, 0.25) is 0 Å². The van der Waals surface area contributed by atoms with Crippen LogP contribution in [0.4, 0.5) is 0 Å². The van der Waals surface area contributed by atoms with E-state index < -0.39 is 18.4 Å². The van der Waals surface area contributed by atoms with Crippen molar-refractivity contribution in [1.82, 2.24) is 5.32 Å². The van der Waals surface area contributed by atoms with Crippen molar-refractivity contribution in [2.75, 3.05) is 7.11 Å². The highest BCUT2D eigenvalue weighted by Gasteiger charge is 2.39. The second-order valence-electron chi connectivity index (χ2n) is 4.12. The average molecular weight is 245 g/mol. The molecule has 0 aromatic carbocycles. The summed E-state index contributed by atoms with van der Waals surface area (Å²) in [5.74, 6) is -0.562. The van der Waals surface area contributed by atoms with E-state index in [2.05, 4.69) is 5.32 Å². The number of methoxy groups -OCH3 is 1. The van der Waals surface area contributed by atoms with Crippen LogP contribution in [0.3, 0.4) is 0 Å². The maximum Gasteiger partial charge on any atom is 0.303 e. The highest BCUT2D eigenvalue weighted by Crippen LogP contribution is 2.23. The predicted octanol–water partition coefficient (Wildman–Crippen LogP) is 0.204. The Morgan fingerprint density at radius 3 is 2.47 bits per heavy atom. The zero-order valence-electron chi connectivity index (χ0n) is 10.6. The molecule has 6 nitrogen and oxygen atoms in total. The molecule has 1 heterocycles. The third-order valence-electron chi connectivity index (χ3n) is 2.63. The summed E-state index contributed by atoms with van der Waals surface area (Å²) in [6.45, 7) is 4.54. The SMILES string of the molecule is CO[C@H]1C[C@@H](NC(C)=O)[C@H](OC(C)=O)[C@@H](C)O1. The molecule has 1 amide bonds. The van der Waals surface area contributed by atoms with E-state index in [4.69, 9.17) is 14.2 Å². The summed E-state index contributed by atoms with van der Waals surface area (Å²) in [5.41, 5.74) is 0. The molecule has 0 aliphatic carbocycles. The van der Waals surface area contributed by atoms with Gasteiger partial charge in [-0.1, -0.05) is 0 Å². The van der Waals surface area contributed by atoms with Gasteiger partial charge >= 0.3 is 5.97 Å². The molecule has 0 unspecified atom stereocenters. The molecule has 1 saturated heterocycles. The Kier molecular flexibility index (Phi) is 4.89. The van der Waals surface area contributed by atoms with E-state index in [-0.39, 0.29) is 18.1 Å². The minimum absolute atomic E-state index is 0.170. The molecule has 98 valence electrons. The number of carbonyl (C=O) groups is 2. The quantitative estimate of drug-likeness (QED) is 0.719.